The predicted molar refractivity (Wildman–Crippen MR) is 90.6 cm³/mol. The molecule has 2 aromatic rings. The fourth-order valence-electron chi connectivity index (χ4n) is 3.42. The van der Waals surface area contributed by atoms with Crippen LogP contribution in [0.3, 0.4) is 0 Å². The van der Waals surface area contributed by atoms with Crippen molar-refractivity contribution in [1.82, 2.24) is 19.9 Å². The zero-order valence-electron chi connectivity index (χ0n) is 13.8. The third-order valence-electron chi connectivity index (χ3n) is 4.59. The van der Waals surface area contributed by atoms with Crippen LogP contribution in [-0.4, -0.2) is 44.1 Å². The number of carboxylic acids is 1. The van der Waals surface area contributed by atoms with Crippen LogP contribution in [0.1, 0.15) is 43.0 Å². The molecule has 2 heterocycles. The van der Waals surface area contributed by atoms with Crippen molar-refractivity contribution >= 4 is 5.97 Å². The van der Waals surface area contributed by atoms with Gasteiger partial charge in [0.05, 0.1) is 5.69 Å². The highest BCUT2D eigenvalue weighted by molar-refractivity contribution is 5.66. The van der Waals surface area contributed by atoms with E-state index in [4.69, 9.17) is 5.11 Å². The molecule has 1 unspecified atom stereocenters. The summed E-state index contributed by atoms with van der Waals surface area (Å²) in [5.74, 6) is -0.900. The van der Waals surface area contributed by atoms with E-state index in [2.05, 4.69) is 45.5 Å². The predicted octanol–water partition coefficient (Wildman–Crippen LogP) is 2.52. The number of likely N-dealkylation sites (tertiary alicyclic amines) is 1. The van der Waals surface area contributed by atoms with E-state index in [-0.39, 0.29) is 6.54 Å². The van der Waals surface area contributed by atoms with Crippen LogP contribution < -0.4 is 0 Å². The van der Waals surface area contributed by atoms with Crippen LogP contribution in [0.5, 0.6) is 0 Å². The fraction of sp³-hybridized carbons (Fsp3) is 0.500. The maximum atomic E-state index is 10.7. The number of nitrogens with zero attached hydrogens (tertiary/aromatic N) is 4. The van der Waals surface area contributed by atoms with Crippen molar-refractivity contribution in [2.24, 2.45) is 0 Å². The zero-order valence-corrected chi connectivity index (χ0v) is 13.8. The lowest BCUT2D eigenvalue weighted by Crippen LogP contribution is -2.30. The molecule has 0 radical (unpaired) electrons. The monoisotopic (exact) mass is 328 g/mol. The van der Waals surface area contributed by atoms with Gasteiger partial charge in [0, 0.05) is 25.2 Å². The number of aliphatic carboxylic acids is 1. The van der Waals surface area contributed by atoms with E-state index in [0.29, 0.717) is 6.04 Å². The molecule has 3 rings (SSSR count). The molecule has 6 heteroatoms. The van der Waals surface area contributed by atoms with Crippen molar-refractivity contribution in [3.05, 3.63) is 47.8 Å². The number of hydrogen-bond donors (Lipinski definition) is 1. The normalized spacial score (nSPS) is 19.1. The van der Waals surface area contributed by atoms with Gasteiger partial charge in [-0.2, -0.15) is 0 Å². The van der Waals surface area contributed by atoms with Gasteiger partial charge in [-0.1, -0.05) is 48.4 Å². The highest BCUT2D eigenvalue weighted by Gasteiger charge is 2.22. The molecular weight excluding hydrogens is 304 g/mol. The average Bonchev–Trinajstić information content (AvgIpc) is 2.88. The highest BCUT2D eigenvalue weighted by atomic mass is 16.4. The molecule has 1 N–H and O–H groups in total. The molecule has 1 atom stereocenters. The van der Waals surface area contributed by atoms with Crippen molar-refractivity contribution < 1.29 is 9.90 Å². The molecule has 24 heavy (non-hydrogen) atoms. The lowest BCUT2D eigenvalue weighted by atomic mass is 10.0. The zero-order chi connectivity index (χ0) is 16.8. The van der Waals surface area contributed by atoms with Gasteiger partial charge in [-0.3, -0.25) is 9.69 Å². The molecule has 0 bridgehead atoms. The molecule has 0 saturated carbocycles. The maximum Gasteiger partial charge on any atom is 0.325 e. The van der Waals surface area contributed by atoms with Crippen LogP contribution >= 0.6 is 0 Å². The Kier molecular flexibility index (Phi) is 5.59. The first-order chi connectivity index (χ1) is 11.7. The Morgan fingerprint density at radius 2 is 2.04 bits per heavy atom. The van der Waals surface area contributed by atoms with E-state index in [9.17, 15) is 4.79 Å². The van der Waals surface area contributed by atoms with Crippen LogP contribution in [-0.2, 0) is 17.8 Å². The van der Waals surface area contributed by atoms with Crippen LogP contribution in [0.25, 0.3) is 0 Å². The van der Waals surface area contributed by atoms with Crippen LogP contribution in [0.15, 0.2) is 36.5 Å². The lowest BCUT2D eigenvalue weighted by molar-refractivity contribution is -0.137. The molecule has 1 saturated heterocycles. The summed E-state index contributed by atoms with van der Waals surface area (Å²) in [5, 5.41) is 16.8. The van der Waals surface area contributed by atoms with Crippen LogP contribution in [0, 0.1) is 0 Å². The minimum atomic E-state index is -0.900. The number of carbonyl (C=O) groups is 1. The van der Waals surface area contributed by atoms with E-state index in [0.717, 1.165) is 25.2 Å². The Morgan fingerprint density at radius 1 is 1.21 bits per heavy atom. The summed E-state index contributed by atoms with van der Waals surface area (Å²) < 4.78 is 1.38. The second-order valence-corrected chi connectivity index (χ2v) is 6.36. The molecular formula is C18H24N4O2. The molecule has 128 valence electrons. The van der Waals surface area contributed by atoms with E-state index >= 15 is 0 Å². The second-order valence-electron chi connectivity index (χ2n) is 6.36. The van der Waals surface area contributed by atoms with Gasteiger partial charge in [0.25, 0.3) is 0 Å². The Labute approximate surface area is 142 Å². The molecule has 0 aliphatic carbocycles. The lowest BCUT2D eigenvalue weighted by Gasteiger charge is -2.30. The van der Waals surface area contributed by atoms with Crippen LogP contribution in [0.4, 0.5) is 0 Å². The molecule has 1 aromatic heterocycles. The van der Waals surface area contributed by atoms with Gasteiger partial charge in [0.1, 0.15) is 6.54 Å². The SMILES string of the molecule is O=C(O)Cn1cc(CCN2CCCCCC2c2ccccc2)nn1. The van der Waals surface area contributed by atoms with E-state index < -0.39 is 5.97 Å². The van der Waals surface area contributed by atoms with E-state index in [1.807, 2.05) is 0 Å². The Hall–Kier alpha value is -2.21. The summed E-state index contributed by atoms with van der Waals surface area (Å²) >= 11 is 0. The number of rotatable bonds is 6. The minimum absolute atomic E-state index is 0.136. The third-order valence-corrected chi connectivity index (χ3v) is 4.59. The number of aromatic nitrogens is 3. The summed E-state index contributed by atoms with van der Waals surface area (Å²) in [5.41, 5.74) is 2.24. The minimum Gasteiger partial charge on any atom is -0.480 e. The smallest absolute Gasteiger partial charge is 0.325 e. The van der Waals surface area contributed by atoms with Gasteiger partial charge in [-0.05, 0) is 24.9 Å². The largest absolute Gasteiger partial charge is 0.480 e. The Balaban J connectivity index is 1.64. The quantitative estimate of drug-likeness (QED) is 0.882. The summed E-state index contributed by atoms with van der Waals surface area (Å²) in [6.45, 7) is 1.89. The van der Waals surface area contributed by atoms with Gasteiger partial charge in [0.2, 0.25) is 0 Å². The van der Waals surface area contributed by atoms with Crippen LogP contribution in [0.2, 0.25) is 0 Å². The van der Waals surface area contributed by atoms with Gasteiger partial charge in [-0.25, -0.2) is 4.68 Å². The first-order valence-electron chi connectivity index (χ1n) is 8.62. The van der Waals surface area contributed by atoms with E-state index in [1.165, 1.54) is 35.9 Å². The van der Waals surface area contributed by atoms with Crippen molar-refractivity contribution in [2.75, 3.05) is 13.1 Å². The molecule has 0 amide bonds. The highest BCUT2D eigenvalue weighted by Crippen LogP contribution is 2.29. The first kappa shape index (κ1) is 16.6. The number of carboxylic acid groups (broad SMARTS) is 1. The van der Waals surface area contributed by atoms with Crippen molar-refractivity contribution in [1.29, 1.82) is 0 Å². The van der Waals surface area contributed by atoms with E-state index in [1.54, 1.807) is 6.20 Å². The molecule has 1 aliphatic rings. The third kappa shape index (κ3) is 4.41. The molecule has 1 aromatic carbocycles. The van der Waals surface area contributed by atoms with Gasteiger partial charge in [0.15, 0.2) is 0 Å². The summed E-state index contributed by atoms with van der Waals surface area (Å²) in [4.78, 5) is 13.3. The second kappa shape index (κ2) is 8.06. The van der Waals surface area contributed by atoms with Crippen molar-refractivity contribution in [2.45, 2.75) is 44.7 Å². The molecule has 1 fully saturated rings. The fourth-order valence-corrected chi connectivity index (χ4v) is 3.42. The maximum absolute atomic E-state index is 10.7. The summed E-state index contributed by atoms with van der Waals surface area (Å²) in [6, 6.07) is 11.2. The molecule has 1 aliphatic heterocycles. The number of hydrogen-bond acceptors (Lipinski definition) is 4. The molecule has 0 spiro atoms. The summed E-state index contributed by atoms with van der Waals surface area (Å²) in [6.07, 6.45) is 7.51. The average molecular weight is 328 g/mol. The Morgan fingerprint density at radius 3 is 2.83 bits per heavy atom. The molecule has 6 nitrogen and oxygen atoms in total. The topological polar surface area (TPSA) is 71.2 Å². The van der Waals surface area contributed by atoms with Crippen molar-refractivity contribution in [3.63, 3.8) is 0 Å². The Bertz CT molecular complexity index is 656. The summed E-state index contributed by atoms with van der Waals surface area (Å²) in [7, 11) is 0. The first-order valence-corrected chi connectivity index (χ1v) is 8.62. The van der Waals surface area contributed by atoms with Gasteiger partial charge in [-0.15, -0.1) is 5.10 Å². The standard InChI is InChI=1S/C18H24N4O2/c23-18(24)14-22-13-16(19-20-22)10-12-21-11-6-2-5-9-17(21)15-7-3-1-4-8-15/h1,3-4,7-8,13,17H,2,5-6,9-12,14H2,(H,23,24). The van der Waals surface area contributed by atoms with Gasteiger partial charge >= 0.3 is 5.97 Å². The van der Waals surface area contributed by atoms with Crippen molar-refractivity contribution in [3.8, 4) is 0 Å². The van der Waals surface area contributed by atoms with Gasteiger partial charge < -0.3 is 5.11 Å². The number of benzene rings is 1.